The average molecular weight is 567 g/mol. The van der Waals surface area contributed by atoms with Gasteiger partial charge in [-0.2, -0.15) is 12.6 Å². The predicted octanol–water partition coefficient (Wildman–Crippen LogP) is 5.09. The Morgan fingerprint density at radius 1 is 0.921 bits per heavy atom. The number of benzene rings is 2. The summed E-state index contributed by atoms with van der Waals surface area (Å²) in [5.41, 5.74) is 0.108. The Morgan fingerprint density at radius 3 is 2.16 bits per heavy atom. The molecule has 2 atom stereocenters. The van der Waals surface area contributed by atoms with Crippen LogP contribution in [0.3, 0.4) is 0 Å². The maximum absolute atomic E-state index is 14.5. The number of rotatable bonds is 13. The van der Waals surface area contributed by atoms with Crippen molar-refractivity contribution in [3.8, 4) is 16.9 Å². The Bertz CT molecular complexity index is 1220. The van der Waals surface area contributed by atoms with Gasteiger partial charge >= 0.3 is 11.9 Å². The molecule has 2 unspecified atom stereocenters. The molecule has 0 saturated carbocycles. The van der Waals surface area contributed by atoms with E-state index in [0.717, 1.165) is 6.07 Å². The first-order chi connectivity index (χ1) is 18.0. The normalized spacial score (nSPS) is 12.4. The van der Waals surface area contributed by atoms with Crippen molar-refractivity contribution in [1.82, 2.24) is 0 Å². The van der Waals surface area contributed by atoms with E-state index in [1.165, 1.54) is 38.1 Å². The second-order valence-electron chi connectivity index (χ2n) is 8.50. The lowest BCUT2D eigenvalue weighted by molar-refractivity contribution is -0.148. The summed E-state index contributed by atoms with van der Waals surface area (Å²) in [6, 6.07) is 6.96. The van der Waals surface area contributed by atoms with Crippen molar-refractivity contribution in [1.29, 1.82) is 0 Å². The molecule has 0 bridgehead atoms. The first kappa shape index (κ1) is 31.2. The molecular weight excluding hydrogens is 538 g/mol. The summed E-state index contributed by atoms with van der Waals surface area (Å²) in [6.45, 7) is 4.36. The van der Waals surface area contributed by atoms with Gasteiger partial charge in [0.25, 0.3) is 0 Å². The average Bonchev–Trinajstić information content (AvgIpc) is 2.85. The van der Waals surface area contributed by atoms with Crippen molar-refractivity contribution in [3.63, 3.8) is 0 Å². The molecule has 0 heterocycles. The van der Waals surface area contributed by atoms with Crippen LogP contribution < -0.4 is 4.74 Å². The monoisotopic (exact) mass is 566 g/mol. The number of carbonyl (C=O) groups excluding carboxylic acids is 5. The minimum absolute atomic E-state index is 0.00845. The van der Waals surface area contributed by atoms with Gasteiger partial charge in [0, 0.05) is 36.0 Å². The van der Waals surface area contributed by atoms with Gasteiger partial charge in [-0.25, -0.2) is 8.78 Å². The van der Waals surface area contributed by atoms with E-state index in [1.807, 2.05) is 0 Å². The van der Waals surface area contributed by atoms with E-state index < -0.39 is 40.5 Å². The van der Waals surface area contributed by atoms with Gasteiger partial charge in [-0.15, -0.1) is 0 Å². The fourth-order valence-electron chi connectivity index (χ4n) is 3.50. The van der Waals surface area contributed by atoms with Crippen molar-refractivity contribution in [3.05, 3.63) is 53.6 Å². The largest absolute Gasteiger partial charge is 0.466 e. The van der Waals surface area contributed by atoms with Gasteiger partial charge < -0.3 is 19.1 Å². The fraction of sp³-hybridized carbons (Fsp3) is 0.370. The quantitative estimate of drug-likeness (QED) is 0.203. The molecule has 7 nitrogen and oxygen atoms in total. The number of hydrogen-bond donors (Lipinski definition) is 1. The summed E-state index contributed by atoms with van der Waals surface area (Å²) >= 11 is 4.80. The van der Waals surface area contributed by atoms with E-state index in [0.29, 0.717) is 17.8 Å². The van der Waals surface area contributed by atoms with E-state index in [9.17, 15) is 32.8 Å². The van der Waals surface area contributed by atoms with E-state index >= 15 is 0 Å². The number of carbonyl (C=O) groups is 5. The maximum atomic E-state index is 14.5. The van der Waals surface area contributed by atoms with Crippen LogP contribution in [-0.2, 0) is 23.9 Å². The van der Waals surface area contributed by atoms with Gasteiger partial charge in [0.2, 0.25) is 5.12 Å². The Kier molecular flexibility index (Phi) is 12.1. The molecule has 2 aromatic carbocycles. The number of ketones is 2. The van der Waals surface area contributed by atoms with E-state index in [2.05, 4.69) is 12.6 Å². The molecule has 0 amide bonds. The van der Waals surface area contributed by atoms with Crippen LogP contribution in [0.1, 0.15) is 44.0 Å². The Morgan fingerprint density at radius 2 is 1.58 bits per heavy atom. The van der Waals surface area contributed by atoms with Crippen LogP contribution in [0.4, 0.5) is 8.78 Å². The summed E-state index contributed by atoms with van der Waals surface area (Å²) in [5, 5.41) is -0.621. The molecule has 204 valence electrons. The van der Waals surface area contributed by atoms with Crippen LogP contribution in [0.5, 0.6) is 5.75 Å². The summed E-state index contributed by atoms with van der Waals surface area (Å²) in [7, 11) is 0. The summed E-state index contributed by atoms with van der Waals surface area (Å²) < 4.78 is 38.3. The van der Waals surface area contributed by atoms with Crippen molar-refractivity contribution >= 4 is 53.0 Å². The lowest BCUT2D eigenvalue weighted by Gasteiger charge is -2.16. The highest BCUT2D eigenvalue weighted by atomic mass is 32.2. The summed E-state index contributed by atoms with van der Waals surface area (Å²) in [5.74, 6) is -5.50. The second-order valence-corrected chi connectivity index (χ2v) is 9.85. The van der Waals surface area contributed by atoms with E-state index in [-0.39, 0.29) is 65.0 Å². The zero-order valence-electron chi connectivity index (χ0n) is 21.1. The zero-order chi connectivity index (χ0) is 28.4. The smallest absolute Gasteiger partial charge is 0.315 e. The number of Topliss-reactive ketones (excluding diaryl/α,β-unsaturated/α-hetero) is 2. The predicted molar refractivity (Wildman–Crippen MR) is 142 cm³/mol. The molecule has 38 heavy (non-hydrogen) atoms. The topological polar surface area (TPSA) is 104 Å². The first-order valence-corrected chi connectivity index (χ1v) is 13.3. The van der Waals surface area contributed by atoms with Crippen molar-refractivity contribution < 1.29 is 42.2 Å². The van der Waals surface area contributed by atoms with E-state index in [1.54, 1.807) is 6.92 Å². The molecule has 0 saturated heterocycles. The van der Waals surface area contributed by atoms with Gasteiger partial charge in [0.1, 0.15) is 29.0 Å². The van der Waals surface area contributed by atoms with Crippen LogP contribution >= 0.6 is 24.4 Å². The van der Waals surface area contributed by atoms with Gasteiger partial charge in [-0.3, -0.25) is 14.4 Å². The van der Waals surface area contributed by atoms with Gasteiger partial charge in [-0.1, -0.05) is 17.8 Å². The van der Waals surface area contributed by atoms with Crippen molar-refractivity contribution in [2.75, 3.05) is 18.1 Å². The van der Waals surface area contributed by atoms with Gasteiger partial charge in [-0.05, 0) is 50.6 Å². The molecule has 2 rings (SSSR count). The molecule has 2 aromatic rings. The maximum Gasteiger partial charge on any atom is 0.315 e. The molecule has 0 aliphatic heterocycles. The molecule has 0 radical (unpaired) electrons. The third-order valence-corrected chi connectivity index (χ3v) is 6.80. The van der Waals surface area contributed by atoms with Crippen LogP contribution in [0, 0.1) is 23.5 Å². The van der Waals surface area contributed by atoms with E-state index in [4.69, 9.17) is 9.47 Å². The second kappa shape index (κ2) is 14.8. The molecule has 0 aliphatic carbocycles. The third kappa shape index (κ3) is 9.05. The Balaban J connectivity index is 2.43. The molecule has 0 aliphatic rings. The molecule has 0 aromatic heterocycles. The SMILES string of the molecule is CCOC(=O)C(CSC(=O)c1cc(-c2ccc(F)cc2F)ccc1OC(=O)C(CS)CC(C)=O)CC(C)=O. The first-order valence-electron chi connectivity index (χ1n) is 11.7. The lowest BCUT2D eigenvalue weighted by atomic mass is 10.0. The Labute approximate surface area is 229 Å². The molecule has 0 N–H and O–H groups in total. The summed E-state index contributed by atoms with van der Waals surface area (Å²) in [6.07, 6.45) is -0.234. The lowest BCUT2D eigenvalue weighted by Crippen LogP contribution is -2.25. The van der Waals surface area contributed by atoms with Crippen molar-refractivity contribution in [2.45, 2.75) is 33.6 Å². The number of halogens is 2. The fourth-order valence-corrected chi connectivity index (χ4v) is 4.70. The van der Waals surface area contributed by atoms with Crippen molar-refractivity contribution in [2.24, 2.45) is 11.8 Å². The number of esters is 2. The number of thiol groups is 1. The molecule has 0 spiro atoms. The van der Waals surface area contributed by atoms with Gasteiger partial charge in [0.15, 0.2) is 0 Å². The van der Waals surface area contributed by atoms with Crippen LogP contribution in [-0.4, -0.2) is 46.7 Å². The molecule has 11 heteroatoms. The molecule has 0 fully saturated rings. The number of hydrogen-bond acceptors (Lipinski definition) is 9. The van der Waals surface area contributed by atoms with Crippen LogP contribution in [0.2, 0.25) is 0 Å². The highest BCUT2D eigenvalue weighted by molar-refractivity contribution is 8.14. The number of ether oxygens (including phenoxy) is 2. The molecular formula is C27H28F2O7S2. The Hall–Kier alpha value is -3.05. The van der Waals surface area contributed by atoms with Crippen LogP contribution in [0.25, 0.3) is 11.1 Å². The third-order valence-electron chi connectivity index (χ3n) is 5.31. The highest BCUT2D eigenvalue weighted by Gasteiger charge is 2.27. The van der Waals surface area contributed by atoms with Crippen LogP contribution in [0.15, 0.2) is 36.4 Å². The highest BCUT2D eigenvalue weighted by Crippen LogP contribution is 2.32. The van der Waals surface area contributed by atoms with Gasteiger partial charge in [0.05, 0.1) is 24.0 Å². The summed E-state index contributed by atoms with van der Waals surface area (Å²) in [4.78, 5) is 61.4. The number of thioether (sulfide) groups is 1. The standard InChI is InChI=1S/C27H28F2O7S2/c1-4-35-25(32)19(10-16(3)31)14-38-27(34)22-11-17(21-7-6-20(28)12-23(21)29)5-8-24(22)36-26(33)18(13-37)9-15(2)30/h5-8,11-12,18-19,37H,4,9-10,13-14H2,1-3H3. The minimum atomic E-state index is -0.880. The zero-order valence-corrected chi connectivity index (χ0v) is 22.8. The minimum Gasteiger partial charge on any atom is -0.466 e.